The van der Waals surface area contributed by atoms with E-state index in [9.17, 15) is 8.78 Å². The lowest BCUT2D eigenvalue weighted by Crippen LogP contribution is -2.40. The van der Waals surface area contributed by atoms with Gasteiger partial charge in [0, 0.05) is 25.8 Å². The summed E-state index contributed by atoms with van der Waals surface area (Å²) < 4.78 is 39.6. The van der Waals surface area contributed by atoms with Crippen LogP contribution in [0.25, 0.3) is 0 Å². The van der Waals surface area contributed by atoms with E-state index in [0.717, 1.165) is 38.2 Å². The maximum atomic E-state index is 13.8. The zero-order valence-electron chi connectivity index (χ0n) is 12.0. The Morgan fingerprint density at radius 3 is 2.81 bits per heavy atom. The maximum absolute atomic E-state index is 13.8. The molecular formula is C14H21F2N3O2. The van der Waals surface area contributed by atoms with E-state index in [1.807, 2.05) is 0 Å². The molecule has 2 fully saturated rings. The minimum absolute atomic E-state index is 0.0855. The van der Waals surface area contributed by atoms with Crippen LogP contribution in [0.15, 0.2) is 6.20 Å². The van der Waals surface area contributed by atoms with E-state index in [0.29, 0.717) is 5.92 Å². The number of alkyl halides is 2. The number of nitrogens with zero attached hydrogens (tertiary/aromatic N) is 3. The van der Waals surface area contributed by atoms with Gasteiger partial charge in [0.15, 0.2) is 0 Å². The first kappa shape index (κ1) is 14.8. The Hall–Kier alpha value is -1.08. The minimum atomic E-state index is -2.68. The second-order valence-electron chi connectivity index (χ2n) is 5.97. The molecule has 2 saturated heterocycles. The monoisotopic (exact) mass is 301 g/mol. The predicted octanol–water partition coefficient (Wildman–Crippen LogP) is 1.92. The second kappa shape index (κ2) is 6.36. The fraction of sp³-hybridized carbons (Fsp3) is 0.857. The van der Waals surface area contributed by atoms with Gasteiger partial charge in [-0.05, 0) is 25.2 Å². The number of halogens is 2. The van der Waals surface area contributed by atoms with Gasteiger partial charge in [-0.1, -0.05) is 5.21 Å². The van der Waals surface area contributed by atoms with E-state index in [1.165, 1.54) is 4.68 Å². The van der Waals surface area contributed by atoms with Crippen LogP contribution < -0.4 is 0 Å². The molecule has 0 amide bonds. The number of rotatable bonds is 4. The molecule has 2 aliphatic heterocycles. The third kappa shape index (κ3) is 3.77. The molecule has 1 unspecified atom stereocenters. The molecule has 0 aliphatic carbocycles. The van der Waals surface area contributed by atoms with Gasteiger partial charge in [-0.25, -0.2) is 8.78 Å². The Kier molecular flexibility index (Phi) is 4.49. The van der Waals surface area contributed by atoms with Crippen molar-refractivity contribution in [2.75, 3.05) is 26.4 Å². The van der Waals surface area contributed by atoms with Crippen molar-refractivity contribution >= 4 is 0 Å². The van der Waals surface area contributed by atoms with Gasteiger partial charge < -0.3 is 9.47 Å². The molecule has 0 N–H and O–H groups in total. The van der Waals surface area contributed by atoms with Gasteiger partial charge in [0.2, 0.25) is 0 Å². The third-order valence-corrected chi connectivity index (χ3v) is 4.33. The van der Waals surface area contributed by atoms with E-state index in [-0.39, 0.29) is 26.2 Å². The standard InChI is InChI=1S/C14H21F2N3O2/c15-14(16)3-6-21-10-12(14)8-19-9-13(17-18-19)7-11-1-4-20-5-2-11/h9,11-12H,1-8,10H2. The van der Waals surface area contributed by atoms with Crippen molar-refractivity contribution in [2.45, 2.75) is 38.2 Å². The van der Waals surface area contributed by atoms with Crippen LogP contribution in [0.2, 0.25) is 0 Å². The summed E-state index contributed by atoms with van der Waals surface area (Å²) in [5, 5.41) is 8.10. The van der Waals surface area contributed by atoms with Crippen molar-refractivity contribution in [1.82, 2.24) is 15.0 Å². The fourth-order valence-corrected chi connectivity index (χ4v) is 2.94. The maximum Gasteiger partial charge on any atom is 0.257 e. The molecule has 2 aliphatic rings. The summed E-state index contributed by atoms with van der Waals surface area (Å²) in [6, 6.07) is 0. The molecular weight excluding hydrogens is 280 g/mol. The number of hydrogen-bond donors (Lipinski definition) is 0. The van der Waals surface area contributed by atoms with Gasteiger partial charge in [-0.2, -0.15) is 0 Å². The van der Waals surface area contributed by atoms with E-state index in [1.54, 1.807) is 6.20 Å². The lowest BCUT2D eigenvalue weighted by atomic mass is 9.95. The van der Waals surface area contributed by atoms with Gasteiger partial charge >= 0.3 is 0 Å². The Morgan fingerprint density at radius 2 is 2.05 bits per heavy atom. The molecule has 0 bridgehead atoms. The van der Waals surface area contributed by atoms with Gasteiger partial charge in [0.1, 0.15) is 0 Å². The first-order valence-electron chi connectivity index (χ1n) is 7.56. The van der Waals surface area contributed by atoms with Crippen LogP contribution in [0, 0.1) is 11.8 Å². The number of hydrogen-bond acceptors (Lipinski definition) is 4. The summed E-state index contributed by atoms with van der Waals surface area (Å²) >= 11 is 0. The summed E-state index contributed by atoms with van der Waals surface area (Å²) in [4.78, 5) is 0. The molecule has 1 atom stereocenters. The zero-order valence-corrected chi connectivity index (χ0v) is 12.0. The quantitative estimate of drug-likeness (QED) is 0.852. The van der Waals surface area contributed by atoms with E-state index >= 15 is 0 Å². The smallest absolute Gasteiger partial charge is 0.257 e. The first-order chi connectivity index (χ1) is 10.1. The molecule has 0 aromatic carbocycles. The highest BCUT2D eigenvalue weighted by atomic mass is 19.3. The molecule has 5 nitrogen and oxygen atoms in total. The average Bonchev–Trinajstić information content (AvgIpc) is 2.90. The van der Waals surface area contributed by atoms with Crippen molar-refractivity contribution in [3.63, 3.8) is 0 Å². The average molecular weight is 301 g/mol. The van der Waals surface area contributed by atoms with Gasteiger partial charge in [0.25, 0.3) is 5.92 Å². The van der Waals surface area contributed by atoms with Crippen molar-refractivity contribution in [3.05, 3.63) is 11.9 Å². The Balaban J connectivity index is 1.57. The molecule has 0 radical (unpaired) electrons. The highest BCUT2D eigenvalue weighted by Crippen LogP contribution is 2.33. The van der Waals surface area contributed by atoms with Gasteiger partial charge in [-0.15, -0.1) is 5.10 Å². The summed E-state index contributed by atoms with van der Waals surface area (Å²) in [6.45, 7) is 1.97. The van der Waals surface area contributed by atoms with Crippen molar-refractivity contribution in [2.24, 2.45) is 11.8 Å². The molecule has 118 valence electrons. The highest BCUT2D eigenvalue weighted by molar-refractivity contribution is 4.95. The molecule has 3 heterocycles. The van der Waals surface area contributed by atoms with Crippen LogP contribution in [0.1, 0.15) is 25.0 Å². The molecule has 3 rings (SSSR count). The van der Waals surface area contributed by atoms with Crippen LogP contribution in [-0.4, -0.2) is 47.3 Å². The fourth-order valence-electron chi connectivity index (χ4n) is 2.94. The van der Waals surface area contributed by atoms with Gasteiger partial charge in [-0.3, -0.25) is 4.68 Å². The minimum Gasteiger partial charge on any atom is -0.381 e. The van der Waals surface area contributed by atoms with E-state index in [2.05, 4.69) is 10.3 Å². The van der Waals surface area contributed by atoms with Crippen LogP contribution in [0.3, 0.4) is 0 Å². The lowest BCUT2D eigenvalue weighted by Gasteiger charge is -2.30. The van der Waals surface area contributed by atoms with Crippen molar-refractivity contribution < 1.29 is 18.3 Å². The third-order valence-electron chi connectivity index (χ3n) is 4.33. The number of ether oxygens (including phenoxy) is 2. The lowest BCUT2D eigenvalue weighted by molar-refractivity contribution is -0.146. The predicted molar refractivity (Wildman–Crippen MR) is 71.1 cm³/mol. The Bertz CT molecular complexity index is 461. The summed E-state index contributed by atoms with van der Waals surface area (Å²) in [7, 11) is 0. The molecule has 1 aromatic rings. The van der Waals surface area contributed by atoms with Crippen molar-refractivity contribution in [1.29, 1.82) is 0 Å². The van der Waals surface area contributed by atoms with E-state index in [4.69, 9.17) is 9.47 Å². The topological polar surface area (TPSA) is 49.2 Å². The first-order valence-corrected chi connectivity index (χ1v) is 7.56. The Labute approximate surface area is 122 Å². The molecule has 0 saturated carbocycles. The second-order valence-corrected chi connectivity index (χ2v) is 5.97. The molecule has 0 spiro atoms. The van der Waals surface area contributed by atoms with Gasteiger partial charge in [0.05, 0.1) is 31.4 Å². The molecule has 21 heavy (non-hydrogen) atoms. The zero-order chi connectivity index (χ0) is 14.7. The molecule has 1 aromatic heterocycles. The van der Waals surface area contributed by atoms with Crippen molar-refractivity contribution in [3.8, 4) is 0 Å². The Morgan fingerprint density at radius 1 is 1.24 bits per heavy atom. The highest BCUT2D eigenvalue weighted by Gasteiger charge is 2.42. The van der Waals surface area contributed by atoms with E-state index < -0.39 is 11.8 Å². The van der Waals surface area contributed by atoms with Crippen LogP contribution >= 0.6 is 0 Å². The number of aromatic nitrogens is 3. The summed E-state index contributed by atoms with van der Waals surface area (Å²) in [6.07, 6.45) is 4.49. The normalized spacial score (nSPS) is 26.9. The van der Waals surface area contributed by atoms with Crippen LogP contribution in [0.5, 0.6) is 0 Å². The van der Waals surface area contributed by atoms with Crippen LogP contribution in [-0.2, 0) is 22.4 Å². The van der Waals surface area contributed by atoms with Crippen LogP contribution in [0.4, 0.5) is 8.78 Å². The summed E-state index contributed by atoms with van der Waals surface area (Å²) in [5.41, 5.74) is 0.877. The molecule has 7 heteroatoms. The SMILES string of the molecule is FC1(F)CCOCC1Cn1cc(CC2CCOCC2)nn1. The summed E-state index contributed by atoms with van der Waals surface area (Å²) in [5.74, 6) is -2.93. The largest absolute Gasteiger partial charge is 0.381 e.